The lowest BCUT2D eigenvalue weighted by Gasteiger charge is -2.06. The molecule has 0 saturated carbocycles. The summed E-state index contributed by atoms with van der Waals surface area (Å²) in [5, 5.41) is 11.9. The topological polar surface area (TPSA) is 104 Å². The van der Waals surface area contributed by atoms with E-state index in [0.29, 0.717) is 34.0 Å². The summed E-state index contributed by atoms with van der Waals surface area (Å²) in [5.41, 5.74) is 7.30. The molecule has 4 aromatic heterocycles. The fraction of sp³-hybridized carbons (Fsp3) is 0.143. The maximum Gasteiger partial charge on any atom is 0.159 e. The van der Waals surface area contributed by atoms with Crippen molar-refractivity contribution in [1.29, 1.82) is 0 Å². The number of methoxy groups -OCH3 is 1. The molecule has 0 unspecified atom stereocenters. The van der Waals surface area contributed by atoms with Crippen LogP contribution in [0.25, 0.3) is 55.8 Å². The number of fused-ring (bicyclic) bond motifs is 2. The monoisotopic (exact) mass is 493 g/mol. The lowest BCUT2D eigenvalue weighted by Crippen LogP contribution is -2.11. The van der Waals surface area contributed by atoms with Gasteiger partial charge in [-0.2, -0.15) is 5.10 Å². The predicted octanol–water partition coefficient (Wildman–Crippen LogP) is 5.49. The fourth-order valence-corrected chi connectivity index (χ4v) is 4.46. The molecule has 4 heterocycles. The SMILES string of the molecule is CCNCc1cncc(-c2ccc3[nH]nc(-c4nc5c(-c6cc(F)cc(OC)c6)nccc5[nH]4)c3c2)c1. The van der Waals surface area contributed by atoms with E-state index >= 15 is 0 Å². The van der Waals surface area contributed by atoms with E-state index in [1.165, 1.54) is 19.2 Å². The van der Waals surface area contributed by atoms with E-state index in [4.69, 9.17) is 9.72 Å². The molecule has 0 aliphatic rings. The van der Waals surface area contributed by atoms with Gasteiger partial charge in [-0.15, -0.1) is 0 Å². The van der Waals surface area contributed by atoms with Crippen molar-refractivity contribution in [2.24, 2.45) is 0 Å². The van der Waals surface area contributed by atoms with E-state index in [0.717, 1.165) is 46.2 Å². The van der Waals surface area contributed by atoms with Crippen LogP contribution in [0.2, 0.25) is 0 Å². The highest BCUT2D eigenvalue weighted by Gasteiger charge is 2.17. The smallest absolute Gasteiger partial charge is 0.159 e. The second-order valence-electron chi connectivity index (χ2n) is 8.72. The molecule has 0 atom stereocenters. The molecule has 0 fully saturated rings. The standard InChI is InChI=1S/C28H24FN7O/c1-3-30-13-16-8-19(15-31-14-16)17-4-5-23-22(11-17)26(36-35-23)28-33-24-6-7-32-25(27(24)34-28)18-9-20(29)12-21(10-18)37-2/h4-12,14-15,30H,3,13H2,1-2H3,(H,33,34)(H,35,36). The number of hydrogen-bond acceptors (Lipinski definition) is 6. The summed E-state index contributed by atoms with van der Waals surface area (Å²) in [5.74, 6) is 0.605. The van der Waals surface area contributed by atoms with Gasteiger partial charge in [0.25, 0.3) is 0 Å². The zero-order valence-electron chi connectivity index (χ0n) is 20.3. The Bertz CT molecular complexity index is 1740. The van der Waals surface area contributed by atoms with Crippen molar-refractivity contribution in [3.63, 3.8) is 0 Å². The number of aromatic nitrogens is 6. The van der Waals surface area contributed by atoms with Crippen LogP contribution in [0.1, 0.15) is 12.5 Å². The van der Waals surface area contributed by atoms with Crippen molar-refractivity contribution in [3.8, 4) is 39.7 Å². The van der Waals surface area contributed by atoms with Crippen LogP contribution < -0.4 is 10.1 Å². The van der Waals surface area contributed by atoms with Gasteiger partial charge in [0.05, 0.1) is 23.8 Å². The van der Waals surface area contributed by atoms with Gasteiger partial charge in [-0.05, 0) is 54.1 Å². The lowest BCUT2D eigenvalue weighted by atomic mass is 10.0. The maximum atomic E-state index is 14.2. The molecule has 37 heavy (non-hydrogen) atoms. The van der Waals surface area contributed by atoms with Crippen molar-refractivity contribution in [2.45, 2.75) is 13.5 Å². The normalized spacial score (nSPS) is 11.4. The third kappa shape index (κ3) is 4.30. The van der Waals surface area contributed by atoms with Crippen LogP contribution in [0.15, 0.2) is 67.1 Å². The van der Waals surface area contributed by atoms with Gasteiger partial charge in [-0.25, -0.2) is 9.37 Å². The Morgan fingerprint density at radius 2 is 1.86 bits per heavy atom. The summed E-state index contributed by atoms with van der Waals surface area (Å²) >= 11 is 0. The van der Waals surface area contributed by atoms with Gasteiger partial charge in [0.1, 0.15) is 22.8 Å². The summed E-state index contributed by atoms with van der Waals surface area (Å²) < 4.78 is 19.4. The third-order valence-electron chi connectivity index (χ3n) is 6.28. The van der Waals surface area contributed by atoms with Crippen molar-refractivity contribution < 1.29 is 9.13 Å². The Balaban J connectivity index is 1.43. The van der Waals surface area contributed by atoms with E-state index < -0.39 is 5.82 Å². The van der Waals surface area contributed by atoms with Gasteiger partial charge in [0, 0.05) is 47.7 Å². The molecule has 0 amide bonds. The van der Waals surface area contributed by atoms with Crippen LogP contribution in [0, 0.1) is 5.82 Å². The Labute approximate surface area is 212 Å². The van der Waals surface area contributed by atoms with Crippen molar-refractivity contribution in [1.82, 2.24) is 35.5 Å². The highest BCUT2D eigenvalue weighted by atomic mass is 19.1. The molecule has 0 radical (unpaired) electrons. The van der Waals surface area contributed by atoms with Gasteiger partial charge >= 0.3 is 0 Å². The largest absolute Gasteiger partial charge is 0.497 e. The van der Waals surface area contributed by atoms with E-state index in [1.54, 1.807) is 12.3 Å². The van der Waals surface area contributed by atoms with E-state index in [1.807, 2.05) is 24.5 Å². The number of ether oxygens (including phenoxy) is 1. The first-order valence-corrected chi connectivity index (χ1v) is 12.0. The van der Waals surface area contributed by atoms with Gasteiger partial charge in [-0.1, -0.05) is 13.0 Å². The average Bonchev–Trinajstić information content (AvgIpc) is 3.55. The highest BCUT2D eigenvalue weighted by molar-refractivity contribution is 5.97. The number of H-pyrrole nitrogens is 2. The molecule has 9 heteroatoms. The van der Waals surface area contributed by atoms with Gasteiger partial charge in [0.15, 0.2) is 5.82 Å². The zero-order chi connectivity index (χ0) is 25.4. The molecule has 8 nitrogen and oxygen atoms in total. The van der Waals surface area contributed by atoms with Crippen LogP contribution in [0.3, 0.4) is 0 Å². The average molecular weight is 494 g/mol. The summed E-state index contributed by atoms with van der Waals surface area (Å²) in [7, 11) is 1.50. The minimum absolute atomic E-state index is 0.404. The first-order valence-electron chi connectivity index (χ1n) is 12.0. The van der Waals surface area contributed by atoms with Crippen LogP contribution in [0.4, 0.5) is 4.39 Å². The van der Waals surface area contributed by atoms with E-state index in [-0.39, 0.29) is 0 Å². The Hall–Kier alpha value is -4.63. The van der Waals surface area contributed by atoms with Crippen LogP contribution in [-0.2, 0) is 6.54 Å². The molecule has 0 aliphatic carbocycles. The van der Waals surface area contributed by atoms with Crippen molar-refractivity contribution in [2.75, 3.05) is 13.7 Å². The first kappa shape index (κ1) is 22.8. The number of hydrogen-bond donors (Lipinski definition) is 3. The molecule has 0 spiro atoms. The maximum absolute atomic E-state index is 14.2. The molecule has 6 rings (SSSR count). The quantitative estimate of drug-likeness (QED) is 0.272. The van der Waals surface area contributed by atoms with Gasteiger partial charge in [0.2, 0.25) is 0 Å². The summed E-state index contributed by atoms with van der Waals surface area (Å²) in [6.45, 7) is 3.75. The molecule has 2 aromatic carbocycles. The number of halogens is 1. The minimum atomic E-state index is -0.404. The summed E-state index contributed by atoms with van der Waals surface area (Å²) in [6, 6.07) is 14.6. The zero-order valence-corrected chi connectivity index (χ0v) is 20.3. The molecule has 0 aliphatic heterocycles. The highest BCUT2D eigenvalue weighted by Crippen LogP contribution is 2.33. The van der Waals surface area contributed by atoms with E-state index in [2.05, 4.69) is 55.6 Å². The second kappa shape index (κ2) is 9.44. The first-order chi connectivity index (χ1) is 18.1. The number of rotatable bonds is 7. The Morgan fingerprint density at radius 1 is 0.946 bits per heavy atom. The lowest BCUT2D eigenvalue weighted by molar-refractivity contribution is 0.411. The molecule has 3 N–H and O–H groups in total. The number of pyridine rings is 2. The van der Waals surface area contributed by atoms with Crippen LogP contribution in [-0.4, -0.2) is 43.8 Å². The predicted molar refractivity (Wildman–Crippen MR) is 142 cm³/mol. The van der Waals surface area contributed by atoms with Crippen LogP contribution >= 0.6 is 0 Å². The molecule has 6 aromatic rings. The molecule has 0 saturated heterocycles. The van der Waals surface area contributed by atoms with Crippen molar-refractivity contribution in [3.05, 3.63) is 78.5 Å². The number of benzene rings is 2. The van der Waals surface area contributed by atoms with Crippen molar-refractivity contribution >= 4 is 21.9 Å². The number of aromatic amines is 2. The second-order valence-corrected chi connectivity index (χ2v) is 8.72. The summed E-state index contributed by atoms with van der Waals surface area (Å²) in [6.07, 6.45) is 5.41. The molecule has 0 bridgehead atoms. The minimum Gasteiger partial charge on any atom is -0.497 e. The fourth-order valence-electron chi connectivity index (χ4n) is 4.46. The Kier molecular flexibility index (Phi) is 5.82. The third-order valence-corrected chi connectivity index (χ3v) is 6.28. The van der Waals surface area contributed by atoms with Crippen LogP contribution in [0.5, 0.6) is 5.75 Å². The Morgan fingerprint density at radius 3 is 2.73 bits per heavy atom. The molecular formula is C28H24FN7O. The molecule has 184 valence electrons. The number of nitrogens with zero attached hydrogens (tertiary/aromatic N) is 4. The number of nitrogens with one attached hydrogen (secondary N) is 3. The number of imidazole rings is 1. The molecular weight excluding hydrogens is 469 g/mol. The summed E-state index contributed by atoms with van der Waals surface area (Å²) in [4.78, 5) is 17.1. The van der Waals surface area contributed by atoms with E-state index in [9.17, 15) is 4.39 Å². The van der Waals surface area contributed by atoms with Gasteiger partial charge in [-0.3, -0.25) is 15.1 Å². The van der Waals surface area contributed by atoms with Gasteiger partial charge < -0.3 is 15.0 Å².